The second kappa shape index (κ2) is 5.99. The van der Waals surface area contributed by atoms with Gasteiger partial charge in [-0.15, -0.1) is 0 Å². The number of carboxylic acid groups (broad SMARTS) is 1. The first-order chi connectivity index (χ1) is 12.5. The molecule has 0 bridgehead atoms. The minimum Gasteiger partial charge on any atom is -0.478 e. The largest absolute Gasteiger partial charge is 0.478 e. The summed E-state index contributed by atoms with van der Waals surface area (Å²) in [5.41, 5.74) is 1.07. The molecule has 128 valence electrons. The highest BCUT2D eigenvalue weighted by molar-refractivity contribution is 6.09. The molecule has 0 atom stereocenters. The molecule has 2 aromatic heterocycles. The van der Waals surface area contributed by atoms with E-state index in [4.69, 9.17) is 0 Å². The third kappa shape index (κ3) is 2.77. The maximum Gasteiger partial charge on any atom is 0.335 e. The van der Waals surface area contributed by atoms with Gasteiger partial charge in [-0.05, 0) is 24.3 Å². The maximum absolute atomic E-state index is 13.4. The minimum absolute atomic E-state index is 0.0731. The van der Waals surface area contributed by atoms with Gasteiger partial charge in [0.2, 0.25) is 0 Å². The van der Waals surface area contributed by atoms with Crippen LogP contribution in [0.2, 0.25) is 0 Å². The van der Waals surface area contributed by atoms with Crippen LogP contribution in [-0.2, 0) is 0 Å². The molecule has 0 radical (unpaired) electrons. The summed E-state index contributed by atoms with van der Waals surface area (Å²) in [6.07, 6.45) is 2.91. The van der Waals surface area contributed by atoms with E-state index >= 15 is 0 Å². The van der Waals surface area contributed by atoms with Crippen LogP contribution in [0.3, 0.4) is 0 Å². The molecule has 0 unspecified atom stereocenters. The van der Waals surface area contributed by atoms with Gasteiger partial charge in [0.15, 0.2) is 5.82 Å². The molecule has 0 amide bonds. The first-order valence-corrected chi connectivity index (χ1v) is 7.51. The number of carbonyl (C=O) groups is 1. The van der Waals surface area contributed by atoms with Crippen molar-refractivity contribution in [2.24, 2.45) is 0 Å². The Morgan fingerprint density at radius 1 is 1.04 bits per heavy atom. The van der Waals surface area contributed by atoms with Crippen molar-refractivity contribution in [1.29, 1.82) is 0 Å². The first-order valence-electron chi connectivity index (χ1n) is 7.51. The summed E-state index contributed by atoms with van der Waals surface area (Å²) >= 11 is 0. The SMILES string of the molecule is O=C(O)c1ccc2c(c1)nc(Nc1cc(F)cc(F)c1)c1ncncc12. The van der Waals surface area contributed by atoms with Crippen molar-refractivity contribution in [3.8, 4) is 0 Å². The average molecular weight is 352 g/mol. The molecule has 0 aliphatic rings. The highest BCUT2D eigenvalue weighted by atomic mass is 19.1. The Morgan fingerprint density at radius 2 is 1.81 bits per heavy atom. The zero-order valence-electron chi connectivity index (χ0n) is 13.1. The van der Waals surface area contributed by atoms with Gasteiger partial charge in [0, 0.05) is 28.7 Å². The Kier molecular flexibility index (Phi) is 3.65. The average Bonchev–Trinajstić information content (AvgIpc) is 2.60. The fourth-order valence-corrected chi connectivity index (χ4v) is 2.72. The number of carboxylic acids is 1. The number of rotatable bonds is 3. The molecule has 8 heteroatoms. The summed E-state index contributed by atoms with van der Waals surface area (Å²) in [5, 5.41) is 13.3. The van der Waals surface area contributed by atoms with Crippen molar-refractivity contribution in [2.45, 2.75) is 0 Å². The quantitative estimate of drug-likeness (QED) is 0.544. The van der Waals surface area contributed by atoms with Gasteiger partial charge in [0.1, 0.15) is 23.5 Å². The molecule has 0 aliphatic heterocycles. The van der Waals surface area contributed by atoms with Gasteiger partial charge in [0.05, 0.1) is 11.1 Å². The van der Waals surface area contributed by atoms with Crippen LogP contribution in [0.5, 0.6) is 0 Å². The van der Waals surface area contributed by atoms with Crippen LogP contribution in [0, 0.1) is 11.6 Å². The Morgan fingerprint density at radius 3 is 2.54 bits per heavy atom. The lowest BCUT2D eigenvalue weighted by Crippen LogP contribution is -2.01. The first kappa shape index (κ1) is 15.8. The molecule has 2 N–H and O–H groups in total. The third-order valence-corrected chi connectivity index (χ3v) is 3.83. The van der Waals surface area contributed by atoms with Gasteiger partial charge in [-0.3, -0.25) is 0 Å². The molecular weight excluding hydrogens is 342 g/mol. The van der Waals surface area contributed by atoms with Gasteiger partial charge in [-0.2, -0.15) is 0 Å². The summed E-state index contributed by atoms with van der Waals surface area (Å²) in [6.45, 7) is 0. The van der Waals surface area contributed by atoms with E-state index in [1.54, 1.807) is 12.3 Å². The predicted octanol–water partition coefficient (Wildman–Crippen LogP) is 3.90. The van der Waals surface area contributed by atoms with Gasteiger partial charge < -0.3 is 10.4 Å². The van der Waals surface area contributed by atoms with Crippen LogP contribution in [-0.4, -0.2) is 26.0 Å². The molecule has 0 spiro atoms. The number of nitrogens with zero attached hydrogens (tertiary/aromatic N) is 3. The number of pyridine rings is 1. The van der Waals surface area contributed by atoms with Gasteiger partial charge in [-0.25, -0.2) is 28.5 Å². The van der Waals surface area contributed by atoms with Gasteiger partial charge >= 0.3 is 5.97 Å². The molecular formula is C18H10F2N4O2. The Labute approximate surface area is 145 Å². The summed E-state index contributed by atoms with van der Waals surface area (Å²) in [5.74, 6) is -2.32. The number of hydrogen-bond donors (Lipinski definition) is 2. The lowest BCUT2D eigenvalue weighted by atomic mass is 10.1. The van der Waals surface area contributed by atoms with Crippen molar-refractivity contribution >= 4 is 39.3 Å². The van der Waals surface area contributed by atoms with E-state index in [0.717, 1.165) is 18.2 Å². The molecule has 26 heavy (non-hydrogen) atoms. The number of anilines is 2. The minimum atomic E-state index is -1.08. The fourth-order valence-electron chi connectivity index (χ4n) is 2.72. The number of benzene rings is 2. The second-order valence-electron chi connectivity index (χ2n) is 5.57. The Balaban J connectivity index is 1.95. The zero-order chi connectivity index (χ0) is 18.3. The zero-order valence-corrected chi connectivity index (χ0v) is 13.1. The van der Waals surface area contributed by atoms with Gasteiger partial charge in [-0.1, -0.05) is 6.07 Å². The highest BCUT2D eigenvalue weighted by Crippen LogP contribution is 2.30. The van der Waals surface area contributed by atoms with E-state index in [2.05, 4.69) is 20.3 Å². The summed E-state index contributed by atoms with van der Waals surface area (Å²) in [6, 6.07) is 7.52. The van der Waals surface area contributed by atoms with Crippen molar-refractivity contribution in [3.05, 3.63) is 66.1 Å². The predicted molar refractivity (Wildman–Crippen MR) is 91.4 cm³/mol. The normalized spacial score (nSPS) is 11.0. The lowest BCUT2D eigenvalue weighted by molar-refractivity contribution is 0.0697. The van der Waals surface area contributed by atoms with E-state index in [1.165, 1.54) is 18.5 Å². The van der Waals surface area contributed by atoms with E-state index in [1.807, 2.05) is 0 Å². The molecule has 2 heterocycles. The monoisotopic (exact) mass is 352 g/mol. The number of halogens is 2. The number of nitrogens with one attached hydrogen (secondary N) is 1. The Hall–Kier alpha value is -3.68. The maximum atomic E-state index is 13.4. The molecule has 6 nitrogen and oxygen atoms in total. The number of fused-ring (bicyclic) bond motifs is 3. The van der Waals surface area contributed by atoms with E-state index < -0.39 is 17.6 Å². The molecule has 0 aliphatic carbocycles. The smallest absolute Gasteiger partial charge is 0.335 e. The van der Waals surface area contributed by atoms with Crippen LogP contribution < -0.4 is 5.32 Å². The molecule has 2 aromatic carbocycles. The van der Waals surface area contributed by atoms with Crippen LogP contribution in [0.25, 0.3) is 21.8 Å². The topological polar surface area (TPSA) is 88.0 Å². The molecule has 0 fully saturated rings. The lowest BCUT2D eigenvalue weighted by Gasteiger charge is -2.11. The van der Waals surface area contributed by atoms with Crippen molar-refractivity contribution in [3.63, 3.8) is 0 Å². The fraction of sp³-hybridized carbons (Fsp3) is 0. The van der Waals surface area contributed by atoms with Crippen LogP contribution >= 0.6 is 0 Å². The van der Waals surface area contributed by atoms with Gasteiger partial charge in [0.25, 0.3) is 0 Å². The summed E-state index contributed by atoms with van der Waals surface area (Å²) in [4.78, 5) is 23.8. The summed E-state index contributed by atoms with van der Waals surface area (Å²) in [7, 11) is 0. The van der Waals surface area contributed by atoms with E-state index in [9.17, 15) is 18.7 Å². The van der Waals surface area contributed by atoms with Crippen molar-refractivity contribution in [2.75, 3.05) is 5.32 Å². The van der Waals surface area contributed by atoms with Crippen LogP contribution in [0.1, 0.15) is 10.4 Å². The van der Waals surface area contributed by atoms with Crippen LogP contribution in [0.15, 0.2) is 48.9 Å². The third-order valence-electron chi connectivity index (χ3n) is 3.83. The van der Waals surface area contributed by atoms with Crippen molar-refractivity contribution in [1.82, 2.24) is 15.0 Å². The molecule has 4 rings (SSSR count). The number of hydrogen-bond acceptors (Lipinski definition) is 5. The van der Waals surface area contributed by atoms with Crippen molar-refractivity contribution < 1.29 is 18.7 Å². The standard InChI is InChI=1S/C18H10F2N4O2/c19-10-4-11(20)6-12(5-10)23-17-16-14(7-21-8-22-16)13-2-1-9(18(25)26)3-15(13)24-17/h1-8H,(H,23,24)(H,25,26). The van der Waals surface area contributed by atoms with E-state index in [-0.39, 0.29) is 17.1 Å². The Bertz CT molecular complexity index is 1160. The molecule has 0 saturated carbocycles. The van der Waals surface area contributed by atoms with E-state index in [0.29, 0.717) is 21.8 Å². The van der Waals surface area contributed by atoms with Crippen LogP contribution in [0.4, 0.5) is 20.3 Å². The molecule has 4 aromatic rings. The second-order valence-corrected chi connectivity index (χ2v) is 5.57. The molecule has 0 saturated heterocycles. The number of aromatic nitrogens is 3. The summed E-state index contributed by atoms with van der Waals surface area (Å²) < 4.78 is 26.9. The number of aromatic carboxylic acids is 1. The highest BCUT2D eigenvalue weighted by Gasteiger charge is 2.13.